The van der Waals surface area contributed by atoms with Crippen LogP contribution in [0.25, 0.3) is 0 Å². The molecule has 0 saturated heterocycles. The largest absolute Gasteiger partial charge is 0.427 e. The zero-order valence-corrected chi connectivity index (χ0v) is 10.3. The van der Waals surface area contributed by atoms with Crippen molar-refractivity contribution in [2.24, 2.45) is 0 Å². The first-order chi connectivity index (χ1) is 7.67. The highest BCUT2D eigenvalue weighted by Gasteiger charge is 2.05. The lowest BCUT2D eigenvalue weighted by Gasteiger charge is -2.09. The van der Waals surface area contributed by atoms with E-state index in [1.54, 1.807) is 0 Å². The Bertz CT molecular complexity index is 327. The molecule has 0 aliphatic heterocycles. The van der Waals surface area contributed by atoms with Crippen LogP contribution in [0.15, 0.2) is 24.3 Å². The summed E-state index contributed by atoms with van der Waals surface area (Å²) in [5.41, 5.74) is 1.29. The Morgan fingerprint density at radius 1 is 1.25 bits per heavy atom. The maximum absolute atomic E-state index is 11.3. The second-order valence-electron chi connectivity index (χ2n) is 4.10. The van der Waals surface area contributed by atoms with Crippen molar-refractivity contribution >= 4 is 5.97 Å². The van der Waals surface area contributed by atoms with Gasteiger partial charge in [0.15, 0.2) is 0 Å². The Balaban J connectivity index is 2.61. The zero-order valence-electron chi connectivity index (χ0n) is 10.3. The molecule has 0 N–H and O–H groups in total. The molecule has 2 nitrogen and oxygen atoms in total. The Kier molecular flexibility index (Phi) is 5.03. The van der Waals surface area contributed by atoms with Gasteiger partial charge in [-0.3, -0.25) is 4.79 Å². The molecular formula is C14H20O2. The predicted octanol–water partition coefficient (Wildman–Crippen LogP) is 3.91. The van der Waals surface area contributed by atoms with Crippen molar-refractivity contribution in [3.8, 4) is 5.75 Å². The van der Waals surface area contributed by atoms with Gasteiger partial charge in [0.05, 0.1) is 0 Å². The monoisotopic (exact) mass is 220 g/mol. The van der Waals surface area contributed by atoms with E-state index in [1.165, 1.54) is 5.56 Å². The van der Waals surface area contributed by atoms with Crippen molar-refractivity contribution in [3.05, 3.63) is 29.8 Å². The third-order valence-corrected chi connectivity index (χ3v) is 2.75. The molecule has 0 bridgehead atoms. The minimum absolute atomic E-state index is 0.154. The number of ether oxygens (including phenoxy) is 1. The molecular weight excluding hydrogens is 200 g/mol. The van der Waals surface area contributed by atoms with Crippen molar-refractivity contribution in [2.45, 2.75) is 46.0 Å². The molecule has 0 aliphatic carbocycles. The fraction of sp³-hybridized carbons (Fsp3) is 0.500. The van der Waals surface area contributed by atoms with Gasteiger partial charge in [-0.2, -0.15) is 0 Å². The van der Waals surface area contributed by atoms with Gasteiger partial charge in [0.25, 0.3) is 0 Å². The summed E-state index contributed by atoms with van der Waals surface area (Å²) >= 11 is 0. The molecule has 1 aromatic rings. The van der Waals surface area contributed by atoms with Gasteiger partial charge in [-0.15, -0.1) is 0 Å². The molecule has 0 aliphatic rings. The van der Waals surface area contributed by atoms with E-state index in [-0.39, 0.29) is 5.97 Å². The average molecular weight is 220 g/mol. The van der Waals surface area contributed by atoms with Gasteiger partial charge < -0.3 is 4.74 Å². The third-order valence-electron chi connectivity index (χ3n) is 2.75. The van der Waals surface area contributed by atoms with E-state index in [0.717, 1.165) is 12.8 Å². The van der Waals surface area contributed by atoms with Crippen LogP contribution in [-0.2, 0) is 4.79 Å². The molecule has 0 aromatic heterocycles. The molecule has 0 amide bonds. The number of esters is 1. The Labute approximate surface area is 97.6 Å². The van der Waals surface area contributed by atoms with E-state index in [4.69, 9.17) is 4.74 Å². The summed E-state index contributed by atoms with van der Waals surface area (Å²) in [6.07, 6.45) is 2.42. The minimum Gasteiger partial charge on any atom is -0.427 e. The molecule has 0 radical (unpaired) electrons. The van der Waals surface area contributed by atoms with Gasteiger partial charge in [-0.05, 0) is 36.5 Å². The SMILES string of the molecule is CCCC(=O)Oc1ccc(C(C)CC)cc1. The number of hydrogen-bond acceptors (Lipinski definition) is 2. The highest BCUT2D eigenvalue weighted by atomic mass is 16.5. The molecule has 0 spiro atoms. The maximum Gasteiger partial charge on any atom is 0.311 e. The molecule has 1 unspecified atom stereocenters. The molecule has 16 heavy (non-hydrogen) atoms. The van der Waals surface area contributed by atoms with Gasteiger partial charge in [0.2, 0.25) is 0 Å². The third kappa shape index (κ3) is 3.69. The highest BCUT2D eigenvalue weighted by Crippen LogP contribution is 2.21. The van der Waals surface area contributed by atoms with Crippen molar-refractivity contribution in [1.29, 1.82) is 0 Å². The number of rotatable bonds is 5. The van der Waals surface area contributed by atoms with Crippen molar-refractivity contribution < 1.29 is 9.53 Å². The predicted molar refractivity (Wildman–Crippen MR) is 65.7 cm³/mol. The summed E-state index contributed by atoms with van der Waals surface area (Å²) in [4.78, 5) is 11.3. The molecule has 2 heteroatoms. The lowest BCUT2D eigenvalue weighted by molar-refractivity contribution is -0.134. The van der Waals surface area contributed by atoms with Crippen molar-refractivity contribution in [3.63, 3.8) is 0 Å². The lowest BCUT2D eigenvalue weighted by Crippen LogP contribution is -2.06. The zero-order chi connectivity index (χ0) is 12.0. The lowest BCUT2D eigenvalue weighted by atomic mass is 9.99. The first kappa shape index (κ1) is 12.8. The Hall–Kier alpha value is -1.31. The van der Waals surface area contributed by atoms with Crippen LogP contribution in [0.1, 0.15) is 51.5 Å². The van der Waals surface area contributed by atoms with Crippen LogP contribution in [0.5, 0.6) is 5.75 Å². The molecule has 1 atom stereocenters. The van der Waals surface area contributed by atoms with E-state index in [0.29, 0.717) is 18.1 Å². The quantitative estimate of drug-likeness (QED) is 0.555. The van der Waals surface area contributed by atoms with Crippen LogP contribution in [-0.4, -0.2) is 5.97 Å². The number of carbonyl (C=O) groups is 1. The van der Waals surface area contributed by atoms with Crippen molar-refractivity contribution in [2.75, 3.05) is 0 Å². The molecule has 1 aromatic carbocycles. The highest BCUT2D eigenvalue weighted by molar-refractivity contribution is 5.72. The smallest absolute Gasteiger partial charge is 0.311 e. The summed E-state index contributed by atoms with van der Waals surface area (Å²) in [7, 11) is 0. The molecule has 0 saturated carbocycles. The summed E-state index contributed by atoms with van der Waals surface area (Å²) in [6.45, 7) is 6.32. The van der Waals surface area contributed by atoms with E-state index in [2.05, 4.69) is 13.8 Å². The van der Waals surface area contributed by atoms with Crippen molar-refractivity contribution in [1.82, 2.24) is 0 Å². The Morgan fingerprint density at radius 3 is 2.38 bits per heavy atom. The van der Waals surface area contributed by atoms with E-state index >= 15 is 0 Å². The van der Waals surface area contributed by atoms with Crippen LogP contribution < -0.4 is 4.74 Å². The van der Waals surface area contributed by atoms with Gasteiger partial charge >= 0.3 is 5.97 Å². The molecule has 0 heterocycles. The minimum atomic E-state index is -0.154. The van der Waals surface area contributed by atoms with E-state index in [1.807, 2.05) is 31.2 Å². The standard InChI is InChI=1S/C14H20O2/c1-4-6-14(15)16-13-9-7-12(8-10-13)11(3)5-2/h7-11H,4-6H2,1-3H3. The summed E-state index contributed by atoms with van der Waals surface area (Å²) < 4.78 is 5.18. The average Bonchev–Trinajstić information content (AvgIpc) is 2.29. The Morgan fingerprint density at radius 2 is 1.88 bits per heavy atom. The summed E-state index contributed by atoms with van der Waals surface area (Å²) in [6, 6.07) is 7.80. The second kappa shape index (κ2) is 6.31. The normalized spacial score (nSPS) is 12.2. The van der Waals surface area contributed by atoms with Gasteiger partial charge in [0.1, 0.15) is 5.75 Å². The van der Waals surface area contributed by atoms with Crippen LogP contribution in [0.4, 0.5) is 0 Å². The first-order valence-electron chi connectivity index (χ1n) is 5.98. The van der Waals surface area contributed by atoms with Crippen LogP contribution >= 0.6 is 0 Å². The molecule has 88 valence electrons. The first-order valence-corrected chi connectivity index (χ1v) is 5.98. The number of benzene rings is 1. The second-order valence-corrected chi connectivity index (χ2v) is 4.10. The number of carbonyl (C=O) groups excluding carboxylic acids is 1. The summed E-state index contributed by atoms with van der Waals surface area (Å²) in [5, 5.41) is 0. The van der Waals surface area contributed by atoms with E-state index in [9.17, 15) is 4.79 Å². The maximum atomic E-state index is 11.3. The van der Waals surface area contributed by atoms with E-state index < -0.39 is 0 Å². The summed E-state index contributed by atoms with van der Waals surface area (Å²) in [5.74, 6) is 1.05. The molecule has 1 rings (SSSR count). The van der Waals surface area contributed by atoms with Crippen LogP contribution in [0.3, 0.4) is 0 Å². The van der Waals surface area contributed by atoms with Gasteiger partial charge in [-0.1, -0.05) is 32.9 Å². The topological polar surface area (TPSA) is 26.3 Å². The van der Waals surface area contributed by atoms with Gasteiger partial charge in [-0.25, -0.2) is 0 Å². The number of hydrogen-bond donors (Lipinski definition) is 0. The van der Waals surface area contributed by atoms with Gasteiger partial charge in [0, 0.05) is 6.42 Å². The fourth-order valence-corrected chi connectivity index (χ4v) is 1.49. The molecule has 0 fully saturated rings. The fourth-order valence-electron chi connectivity index (χ4n) is 1.49. The van der Waals surface area contributed by atoms with Crippen LogP contribution in [0.2, 0.25) is 0 Å². The van der Waals surface area contributed by atoms with Crippen LogP contribution in [0, 0.1) is 0 Å².